The van der Waals surface area contributed by atoms with Crippen molar-refractivity contribution in [2.24, 2.45) is 4.99 Å². The Morgan fingerprint density at radius 3 is 2.71 bits per heavy atom. The van der Waals surface area contributed by atoms with Gasteiger partial charge in [-0.15, -0.1) is 24.0 Å². The molecule has 0 spiro atoms. The molecule has 2 unspecified atom stereocenters. The van der Waals surface area contributed by atoms with Gasteiger partial charge in [0.25, 0.3) is 0 Å². The summed E-state index contributed by atoms with van der Waals surface area (Å²) in [6.45, 7) is 4.71. The highest BCUT2D eigenvalue weighted by atomic mass is 127. The van der Waals surface area contributed by atoms with E-state index in [4.69, 9.17) is 0 Å². The number of benzene rings is 1. The summed E-state index contributed by atoms with van der Waals surface area (Å²) in [5.41, 5.74) is 1.37. The van der Waals surface area contributed by atoms with Crippen molar-refractivity contribution >= 4 is 29.9 Å². The standard InChI is InChI=1S/C18H29FN4.HI/c1-15-13-17(22-18(20-2)21-11-6-10-19)9-12-23(15)14-16-7-4-3-5-8-16;/h3-5,7-8,15,17H,6,9-14H2,1-2H3,(H2,20,21,22);1H. The zero-order valence-electron chi connectivity index (χ0n) is 14.7. The van der Waals surface area contributed by atoms with Crippen LogP contribution in [0, 0.1) is 0 Å². The molecule has 1 aliphatic rings. The average Bonchev–Trinajstić information content (AvgIpc) is 2.57. The van der Waals surface area contributed by atoms with Gasteiger partial charge < -0.3 is 10.6 Å². The number of hydrogen-bond acceptors (Lipinski definition) is 2. The first-order valence-electron chi connectivity index (χ1n) is 8.54. The highest BCUT2D eigenvalue weighted by Crippen LogP contribution is 2.19. The molecule has 2 rings (SSSR count). The summed E-state index contributed by atoms with van der Waals surface area (Å²) >= 11 is 0. The lowest BCUT2D eigenvalue weighted by atomic mass is 9.97. The number of piperidine rings is 1. The Hall–Kier alpha value is -0.890. The van der Waals surface area contributed by atoms with Crippen molar-refractivity contribution in [2.45, 2.75) is 44.8 Å². The topological polar surface area (TPSA) is 39.7 Å². The maximum atomic E-state index is 12.2. The smallest absolute Gasteiger partial charge is 0.191 e. The third-order valence-corrected chi connectivity index (χ3v) is 4.41. The van der Waals surface area contributed by atoms with Crippen LogP contribution in [0.1, 0.15) is 31.7 Å². The quantitative estimate of drug-likeness (QED) is 0.304. The van der Waals surface area contributed by atoms with Gasteiger partial charge in [0.1, 0.15) is 0 Å². The maximum absolute atomic E-state index is 12.2. The molecule has 1 aliphatic heterocycles. The molecule has 1 saturated heterocycles. The summed E-state index contributed by atoms with van der Waals surface area (Å²) in [6.07, 6.45) is 2.71. The number of nitrogens with zero attached hydrogens (tertiary/aromatic N) is 2. The van der Waals surface area contributed by atoms with Crippen LogP contribution in [0.3, 0.4) is 0 Å². The van der Waals surface area contributed by atoms with Gasteiger partial charge in [0, 0.05) is 38.8 Å². The summed E-state index contributed by atoms with van der Waals surface area (Å²) in [4.78, 5) is 6.76. The molecule has 136 valence electrons. The number of nitrogens with one attached hydrogen (secondary N) is 2. The second-order valence-electron chi connectivity index (χ2n) is 6.21. The molecule has 0 radical (unpaired) electrons. The van der Waals surface area contributed by atoms with Crippen molar-refractivity contribution in [1.29, 1.82) is 0 Å². The van der Waals surface area contributed by atoms with Crippen LogP contribution in [0.5, 0.6) is 0 Å². The Bertz CT molecular complexity index is 483. The first kappa shape index (κ1) is 21.2. The molecule has 1 heterocycles. The lowest BCUT2D eigenvalue weighted by Crippen LogP contribution is -2.51. The van der Waals surface area contributed by atoms with Gasteiger partial charge in [0.2, 0.25) is 0 Å². The van der Waals surface area contributed by atoms with Gasteiger partial charge in [-0.05, 0) is 31.7 Å². The summed E-state index contributed by atoms with van der Waals surface area (Å²) in [6, 6.07) is 11.6. The molecule has 2 N–H and O–H groups in total. The number of likely N-dealkylation sites (tertiary alicyclic amines) is 1. The molecule has 2 atom stereocenters. The molecule has 0 aromatic heterocycles. The van der Waals surface area contributed by atoms with Crippen LogP contribution < -0.4 is 10.6 Å². The zero-order valence-corrected chi connectivity index (χ0v) is 17.0. The fourth-order valence-electron chi connectivity index (χ4n) is 3.07. The lowest BCUT2D eigenvalue weighted by Gasteiger charge is -2.38. The van der Waals surface area contributed by atoms with E-state index < -0.39 is 0 Å². The Morgan fingerprint density at radius 1 is 1.33 bits per heavy atom. The van der Waals surface area contributed by atoms with Gasteiger partial charge in [-0.25, -0.2) is 0 Å². The van der Waals surface area contributed by atoms with E-state index in [-0.39, 0.29) is 30.7 Å². The molecule has 0 saturated carbocycles. The van der Waals surface area contributed by atoms with E-state index in [2.05, 4.69) is 57.8 Å². The van der Waals surface area contributed by atoms with Crippen LogP contribution in [-0.4, -0.2) is 49.8 Å². The van der Waals surface area contributed by atoms with E-state index >= 15 is 0 Å². The molecule has 4 nitrogen and oxygen atoms in total. The molecular formula is C18H30FIN4. The van der Waals surface area contributed by atoms with E-state index in [9.17, 15) is 4.39 Å². The van der Waals surface area contributed by atoms with E-state index in [1.54, 1.807) is 7.05 Å². The Balaban J connectivity index is 0.00000288. The van der Waals surface area contributed by atoms with Crippen LogP contribution in [0.25, 0.3) is 0 Å². The molecule has 1 fully saturated rings. The third kappa shape index (κ3) is 6.93. The second-order valence-corrected chi connectivity index (χ2v) is 6.21. The third-order valence-electron chi connectivity index (χ3n) is 4.41. The Labute approximate surface area is 162 Å². The molecule has 1 aromatic rings. The van der Waals surface area contributed by atoms with Gasteiger partial charge in [-0.3, -0.25) is 14.3 Å². The van der Waals surface area contributed by atoms with Crippen LogP contribution in [-0.2, 0) is 6.54 Å². The van der Waals surface area contributed by atoms with Crippen molar-refractivity contribution in [1.82, 2.24) is 15.5 Å². The predicted octanol–water partition coefficient (Wildman–Crippen LogP) is 3.18. The SMILES string of the molecule is CN=C(NCCCF)NC1CCN(Cc2ccccc2)C(C)C1.I. The monoisotopic (exact) mass is 448 g/mol. The van der Waals surface area contributed by atoms with Gasteiger partial charge >= 0.3 is 0 Å². The van der Waals surface area contributed by atoms with E-state index in [0.29, 0.717) is 25.0 Å². The number of rotatable bonds is 6. The number of halogens is 2. The number of alkyl halides is 1. The van der Waals surface area contributed by atoms with E-state index in [0.717, 1.165) is 31.9 Å². The molecule has 6 heteroatoms. The van der Waals surface area contributed by atoms with Crippen molar-refractivity contribution in [2.75, 3.05) is 26.8 Å². The van der Waals surface area contributed by atoms with Crippen molar-refractivity contribution in [3.63, 3.8) is 0 Å². The van der Waals surface area contributed by atoms with Gasteiger partial charge in [0.05, 0.1) is 6.67 Å². The predicted molar refractivity (Wildman–Crippen MR) is 110 cm³/mol. The minimum absolute atomic E-state index is 0. The molecular weight excluding hydrogens is 418 g/mol. The van der Waals surface area contributed by atoms with Crippen molar-refractivity contribution < 1.29 is 4.39 Å². The number of hydrogen-bond donors (Lipinski definition) is 2. The van der Waals surface area contributed by atoms with E-state index in [1.807, 2.05) is 0 Å². The molecule has 0 bridgehead atoms. The van der Waals surface area contributed by atoms with Gasteiger partial charge in [0.15, 0.2) is 5.96 Å². The minimum atomic E-state index is -0.293. The van der Waals surface area contributed by atoms with Crippen molar-refractivity contribution in [3.05, 3.63) is 35.9 Å². The largest absolute Gasteiger partial charge is 0.356 e. The normalized spacial score (nSPS) is 21.9. The summed E-state index contributed by atoms with van der Waals surface area (Å²) in [5, 5.41) is 6.64. The molecule has 0 aliphatic carbocycles. The van der Waals surface area contributed by atoms with Crippen LogP contribution in [0.4, 0.5) is 4.39 Å². The van der Waals surface area contributed by atoms with Gasteiger partial charge in [-0.1, -0.05) is 30.3 Å². The van der Waals surface area contributed by atoms with Crippen LogP contribution in [0.15, 0.2) is 35.3 Å². The second kappa shape index (κ2) is 11.6. The lowest BCUT2D eigenvalue weighted by molar-refractivity contribution is 0.134. The summed E-state index contributed by atoms with van der Waals surface area (Å²) in [5.74, 6) is 0.784. The Morgan fingerprint density at radius 2 is 2.08 bits per heavy atom. The molecule has 0 amide bonds. The zero-order chi connectivity index (χ0) is 16.5. The van der Waals surface area contributed by atoms with Crippen molar-refractivity contribution in [3.8, 4) is 0 Å². The van der Waals surface area contributed by atoms with E-state index in [1.165, 1.54) is 5.56 Å². The summed E-state index contributed by atoms with van der Waals surface area (Å²) < 4.78 is 12.2. The molecule has 1 aromatic carbocycles. The maximum Gasteiger partial charge on any atom is 0.191 e. The van der Waals surface area contributed by atoms with Crippen LogP contribution >= 0.6 is 24.0 Å². The highest BCUT2D eigenvalue weighted by Gasteiger charge is 2.25. The number of guanidine groups is 1. The summed E-state index contributed by atoms with van der Waals surface area (Å²) in [7, 11) is 1.76. The minimum Gasteiger partial charge on any atom is -0.356 e. The first-order chi connectivity index (χ1) is 11.2. The fourth-order valence-corrected chi connectivity index (χ4v) is 3.07. The van der Waals surface area contributed by atoms with Crippen LogP contribution in [0.2, 0.25) is 0 Å². The molecule has 24 heavy (non-hydrogen) atoms. The fraction of sp³-hybridized carbons (Fsp3) is 0.611. The van der Waals surface area contributed by atoms with Gasteiger partial charge in [-0.2, -0.15) is 0 Å². The number of aliphatic imine (C=N–C) groups is 1. The first-order valence-corrected chi connectivity index (χ1v) is 8.54. The highest BCUT2D eigenvalue weighted by molar-refractivity contribution is 14.0. The average molecular weight is 448 g/mol. The Kier molecular flexibility index (Phi) is 10.2.